The molecule has 1 aromatic heterocycles. The molecule has 0 amide bonds. The Morgan fingerprint density at radius 1 is 1.46 bits per heavy atom. The van der Waals surface area contributed by atoms with Crippen LogP contribution in [-0.4, -0.2) is 44.9 Å². The number of ether oxygens (including phenoxy) is 1. The molecule has 1 unspecified atom stereocenters. The molecule has 0 aliphatic carbocycles. The first-order valence-corrected chi connectivity index (χ1v) is 8.50. The van der Waals surface area contributed by atoms with Crippen LogP contribution in [0.1, 0.15) is 39.8 Å². The molecule has 1 saturated heterocycles. The highest BCUT2D eigenvalue weighted by Gasteiger charge is 2.22. The first kappa shape index (κ1) is 20.7. The number of rotatable bonds is 2. The summed E-state index contributed by atoms with van der Waals surface area (Å²) >= 11 is 1.35. The molecule has 8 heteroatoms. The zero-order valence-electron chi connectivity index (χ0n) is 14.4. The third kappa shape index (κ3) is 6.30. The number of carbonyl (C=O) groups excluding carboxylic acids is 2. The minimum Gasteiger partial charge on any atom is -0.442 e. The Morgan fingerprint density at radius 3 is 2.79 bits per heavy atom. The maximum Gasteiger partial charge on any atom is 0.435 e. The Morgan fingerprint density at radius 2 is 2.17 bits per heavy atom. The van der Waals surface area contributed by atoms with E-state index in [-0.39, 0.29) is 22.8 Å². The van der Waals surface area contributed by atoms with Crippen LogP contribution in [0.3, 0.4) is 0 Å². The van der Waals surface area contributed by atoms with E-state index in [1.807, 2.05) is 26.8 Å². The molecule has 1 atom stereocenters. The predicted molar refractivity (Wildman–Crippen MR) is 98.6 cm³/mol. The van der Waals surface area contributed by atoms with Crippen molar-refractivity contribution in [1.29, 1.82) is 0 Å². The van der Waals surface area contributed by atoms with Crippen LogP contribution >= 0.6 is 24.2 Å². The number of piperidine rings is 1. The number of halogens is 1. The van der Waals surface area contributed by atoms with Gasteiger partial charge in [0.15, 0.2) is 5.12 Å². The summed E-state index contributed by atoms with van der Waals surface area (Å²) in [7, 11) is 0. The van der Waals surface area contributed by atoms with Crippen LogP contribution in [0, 0.1) is 0 Å². The van der Waals surface area contributed by atoms with Gasteiger partial charge in [0.05, 0.1) is 5.69 Å². The number of hydrogen-bond acceptors (Lipinski definition) is 6. The first-order chi connectivity index (χ1) is 10.7. The van der Waals surface area contributed by atoms with Gasteiger partial charge in [-0.05, 0) is 51.5 Å². The molecule has 0 radical (unpaired) electrons. The molecule has 2 rings (SSSR count). The quantitative estimate of drug-likeness (QED) is 0.858. The molecule has 1 aliphatic heterocycles. The van der Waals surface area contributed by atoms with Crippen LogP contribution in [0.4, 0.5) is 4.79 Å². The first-order valence-electron chi connectivity index (χ1n) is 7.62. The lowest BCUT2D eigenvalue weighted by Crippen LogP contribution is -2.32. The molecule has 0 spiro atoms. The van der Waals surface area contributed by atoms with Crippen molar-refractivity contribution in [2.45, 2.75) is 45.0 Å². The van der Waals surface area contributed by atoms with E-state index in [1.165, 1.54) is 16.4 Å². The van der Waals surface area contributed by atoms with Crippen molar-refractivity contribution in [2.75, 3.05) is 13.1 Å². The van der Waals surface area contributed by atoms with Crippen molar-refractivity contribution in [1.82, 2.24) is 15.1 Å². The van der Waals surface area contributed by atoms with E-state index < -0.39 is 11.7 Å². The van der Waals surface area contributed by atoms with Gasteiger partial charge in [0.1, 0.15) is 5.60 Å². The van der Waals surface area contributed by atoms with Gasteiger partial charge >= 0.3 is 6.09 Å². The number of nitrogens with one attached hydrogen (secondary N) is 1. The van der Waals surface area contributed by atoms with Gasteiger partial charge in [0.25, 0.3) is 0 Å². The van der Waals surface area contributed by atoms with Gasteiger partial charge in [0, 0.05) is 24.9 Å². The SMILES string of the molecule is CC(=O)SC1CCNC/C1=C\c1ccn(C(=O)OC(C)(C)C)n1.Cl. The summed E-state index contributed by atoms with van der Waals surface area (Å²) in [6.45, 7) is 8.65. The standard InChI is InChI=1S/C16H23N3O3S.ClH/c1-11(20)23-14-5-7-17-10-12(14)9-13-6-8-19(18-13)15(21)22-16(2,3)4;/h6,8-9,14,17H,5,7,10H2,1-4H3;1H/b12-9+;. The summed E-state index contributed by atoms with van der Waals surface area (Å²) < 4.78 is 6.48. The highest BCUT2D eigenvalue weighted by molar-refractivity contribution is 8.14. The van der Waals surface area contributed by atoms with Gasteiger partial charge in [-0.25, -0.2) is 4.79 Å². The van der Waals surface area contributed by atoms with E-state index in [0.717, 1.165) is 25.1 Å². The fourth-order valence-electron chi connectivity index (χ4n) is 2.26. The third-order valence-electron chi connectivity index (χ3n) is 3.16. The van der Waals surface area contributed by atoms with Crippen LogP contribution in [0.2, 0.25) is 0 Å². The molecule has 24 heavy (non-hydrogen) atoms. The summed E-state index contributed by atoms with van der Waals surface area (Å²) in [6, 6.07) is 1.76. The van der Waals surface area contributed by atoms with E-state index in [9.17, 15) is 9.59 Å². The summed E-state index contributed by atoms with van der Waals surface area (Å²) in [6.07, 6.45) is 3.93. The van der Waals surface area contributed by atoms with E-state index in [4.69, 9.17) is 4.74 Å². The van der Waals surface area contributed by atoms with Gasteiger partial charge in [0.2, 0.25) is 0 Å². The topological polar surface area (TPSA) is 73.2 Å². The van der Waals surface area contributed by atoms with E-state index in [2.05, 4.69) is 10.4 Å². The second-order valence-corrected chi connectivity index (χ2v) is 7.83. The Balaban J connectivity index is 0.00000288. The summed E-state index contributed by atoms with van der Waals surface area (Å²) in [5.41, 5.74) is 1.24. The van der Waals surface area contributed by atoms with Crippen molar-refractivity contribution < 1.29 is 14.3 Å². The fourth-order valence-corrected chi connectivity index (χ4v) is 3.20. The van der Waals surface area contributed by atoms with Crippen LogP contribution in [0.15, 0.2) is 17.8 Å². The monoisotopic (exact) mass is 373 g/mol. The van der Waals surface area contributed by atoms with Gasteiger partial charge in [-0.1, -0.05) is 11.8 Å². The minimum atomic E-state index is -0.557. The van der Waals surface area contributed by atoms with Crippen molar-refractivity contribution in [3.05, 3.63) is 23.5 Å². The van der Waals surface area contributed by atoms with Crippen molar-refractivity contribution >= 4 is 41.5 Å². The van der Waals surface area contributed by atoms with Gasteiger partial charge < -0.3 is 10.1 Å². The largest absolute Gasteiger partial charge is 0.442 e. The molecular formula is C16H24ClN3O3S. The average molecular weight is 374 g/mol. The fraction of sp³-hybridized carbons (Fsp3) is 0.562. The molecule has 0 aromatic carbocycles. The normalized spacial score (nSPS) is 19.7. The molecule has 1 fully saturated rings. The lowest BCUT2D eigenvalue weighted by molar-refractivity contribution is -0.109. The Labute approximate surface area is 152 Å². The molecule has 134 valence electrons. The third-order valence-corrected chi connectivity index (χ3v) is 4.31. The van der Waals surface area contributed by atoms with E-state index in [1.54, 1.807) is 19.2 Å². The molecule has 1 N–H and O–H groups in total. The molecule has 6 nitrogen and oxygen atoms in total. The van der Waals surface area contributed by atoms with Gasteiger partial charge in [-0.3, -0.25) is 4.79 Å². The molecule has 1 aliphatic rings. The van der Waals surface area contributed by atoms with Crippen LogP contribution in [0.25, 0.3) is 6.08 Å². The molecular weight excluding hydrogens is 350 g/mol. The van der Waals surface area contributed by atoms with Gasteiger partial charge in [-0.2, -0.15) is 9.78 Å². The molecule has 0 saturated carbocycles. The Hall–Kier alpha value is -1.31. The number of aromatic nitrogens is 2. The van der Waals surface area contributed by atoms with Crippen molar-refractivity contribution in [3.8, 4) is 0 Å². The molecule has 0 bridgehead atoms. The summed E-state index contributed by atoms with van der Waals surface area (Å²) in [5, 5.41) is 7.83. The summed E-state index contributed by atoms with van der Waals surface area (Å²) in [5.74, 6) is 0. The van der Waals surface area contributed by atoms with Crippen molar-refractivity contribution in [3.63, 3.8) is 0 Å². The predicted octanol–water partition coefficient (Wildman–Crippen LogP) is 3.11. The Kier molecular flexibility index (Phi) is 7.51. The highest BCUT2D eigenvalue weighted by Crippen LogP contribution is 2.26. The zero-order chi connectivity index (χ0) is 17.0. The molecule has 1 aromatic rings. The minimum absolute atomic E-state index is 0. The smallest absolute Gasteiger partial charge is 0.435 e. The Bertz CT molecular complexity index is 622. The maximum absolute atomic E-state index is 12.0. The highest BCUT2D eigenvalue weighted by atomic mass is 35.5. The second kappa shape index (κ2) is 8.69. The molecule has 2 heterocycles. The lowest BCUT2D eigenvalue weighted by Gasteiger charge is -2.24. The second-order valence-electron chi connectivity index (χ2n) is 6.45. The lowest BCUT2D eigenvalue weighted by atomic mass is 10.0. The van der Waals surface area contributed by atoms with Gasteiger partial charge in [-0.15, -0.1) is 12.4 Å². The maximum atomic E-state index is 12.0. The number of nitrogens with zero attached hydrogens (tertiary/aromatic N) is 2. The van der Waals surface area contributed by atoms with Crippen LogP contribution < -0.4 is 5.32 Å². The van der Waals surface area contributed by atoms with Crippen LogP contribution in [0.5, 0.6) is 0 Å². The number of carbonyl (C=O) groups is 2. The average Bonchev–Trinajstić information content (AvgIpc) is 2.87. The number of hydrogen-bond donors (Lipinski definition) is 1. The van der Waals surface area contributed by atoms with E-state index >= 15 is 0 Å². The van der Waals surface area contributed by atoms with Crippen LogP contribution in [-0.2, 0) is 9.53 Å². The van der Waals surface area contributed by atoms with E-state index in [0.29, 0.717) is 5.69 Å². The van der Waals surface area contributed by atoms with Crippen molar-refractivity contribution in [2.24, 2.45) is 0 Å². The summed E-state index contributed by atoms with van der Waals surface area (Å²) in [4.78, 5) is 23.3. The number of thioether (sulfide) groups is 1. The zero-order valence-corrected chi connectivity index (χ0v) is 16.0.